The summed E-state index contributed by atoms with van der Waals surface area (Å²) in [6.07, 6.45) is 1.45. The van der Waals surface area contributed by atoms with Gasteiger partial charge in [-0.1, -0.05) is 36.0 Å². The van der Waals surface area contributed by atoms with Crippen LogP contribution in [0.3, 0.4) is 0 Å². The molecule has 0 bridgehead atoms. The van der Waals surface area contributed by atoms with E-state index in [2.05, 4.69) is 20.5 Å². The first-order chi connectivity index (χ1) is 12.1. The number of hydrazone groups is 1. The van der Waals surface area contributed by atoms with E-state index >= 15 is 0 Å². The van der Waals surface area contributed by atoms with Gasteiger partial charge in [-0.05, 0) is 29.8 Å². The van der Waals surface area contributed by atoms with Gasteiger partial charge in [0.15, 0.2) is 5.16 Å². The lowest BCUT2D eigenvalue weighted by Crippen LogP contribution is -2.19. The Morgan fingerprint density at radius 1 is 1.20 bits per heavy atom. The average molecular weight is 354 g/mol. The molecule has 0 aliphatic heterocycles. The van der Waals surface area contributed by atoms with E-state index in [1.165, 1.54) is 30.1 Å². The molecule has 8 heteroatoms. The van der Waals surface area contributed by atoms with Crippen LogP contribution in [0.5, 0.6) is 0 Å². The number of aromatic nitrogens is 2. The van der Waals surface area contributed by atoms with Crippen molar-refractivity contribution < 1.29 is 14.7 Å². The van der Waals surface area contributed by atoms with Crippen LogP contribution in [0.1, 0.15) is 15.9 Å². The fourth-order valence-corrected chi connectivity index (χ4v) is 2.73. The van der Waals surface area contributed by atoms with E-state index in [-0.39, 0.29) is 17.2 Å². The van der Waals surface area contributed by atoms with E-state index in [0.717, 1.165) is 11.0 Å². The van der Waals surface area contributed by atoms with E-state index in [4.69, 9.17) is 5.11 Å². The fraction of sp³-hybridized carbons (Fsp3) is 0.0588. The maximum absolute atomic E-state index is 11.8. The third kappa shape index (κ3) is 4.45. The topological polar surface area (TPSA) is 107 Å². The number of carbonyl (C=O) groups excluding carboxylic acids is 1. The molecule has 0 spiro atoms. The van der Waals surface area contributed by atoms with E-state index in [1.54, 1.807) is 12.1 Å². The zero-order valence-corrected chi connectivity index (χ0v) is 13.8. The van der Waals surface area contributed by atoms with E-state index < -0.39 is 5.97 Å². The number of hydrogen-bond donors (Lipinski definition) is 3. The first-order valence-electron chi connectivity index (χ1n) is 7.34. The quantitative estimate of drug-likeness (QED) is 0.358. The molecule has 1 aromatic heterocycles. The number of H-pyrrole nitrogens is 1. The number of fused-ring (bicyclic) bond motifs is 1. The number of aromatic amines is 1. The van der Waals surface area contributed by atoms with Crippen molar-refractivity contribution in [2.45, 2.75) is 5.16 Å². The third-order valence-electron chi connectivity index (χ3n) is 3.27. The Labute approximate surface area is 147 Å². The van der Waals surface area contributed by atoms with Crippen LogP contribution in [-0.4, -0.2) is 38.9 Å². The number of aromatic carboxylic acids is 1. The molecule has 0 fully saturated rings. The molecule has 2 aromatic carbocycles. The predicted molar refractivity (Wildman–Crippen MR) is 96.0 cm³/mol. The number of para-hydroxylation sites is 2. The third-order valence-corrected chi connectivity index (χ3v) is 4.14. The minimum absolute atomic E-state index is 0.176. The van der Waals surface area contributed by atoms with Gasteiger partial charge in [0.05, 0.1) is 28.6 Å². The van der Waals surface area contributed by atoms with Crippen LogP contribution in [0.4, 0.5) is 0 Å². The summed E-state index contributed by atoms with van der Waals surface area (Å²) in [5, 5.41) is 13.3. The van der Waals surface area contributed by atoms with Gasteiger partial charge in [0, 0.05) is 0 Å². The van der Waals surface area contributed by atoms with Crippen molar-refractivity contribution in [2.75, 3.05) is 5.75 Å². The molecule has 25 heavy (non-hydrogen) atoms. The summed E-state index contributed by atoms with van der Waals surface area (Å²) < 4.78 is 0. The number of nitrogens with zero attached hydrogens (tertiary/aromatic N) is 2. The molecular weight excluding hydrogens is 340 g/mol. The first kappa shape index (κ1) is 16.7. The normalized spacial score (nSPS) is 11.0. The van der Waals surface area contributed by atoms with Crippen LogP contribution in [-0.2, 0) is 4.79 Å². The molecule has 0 saturated carbocycles. The van der Waals surface area contributed by atoms with Crippen molar-refractivity contribution in [3.63, 3.8) is 0 Å². The highest BCUT2D eigenvalue weighted by Crippen LogP contribution is 2.18. The van der Waals surface area contributed by atoms with E-state index in [0.29, 0.717) is 10.7 Å². The van der Waals surface area contributed by atoms with Crippen molar-refractivity contribution in [3.05, 3.63) is 59.7 Å². The Hall–Kier alpha value is -3.13. The molecule has 3 N–H and O–H groups in total. The highest BCUT2D eigenvalue weighted by Gasteiger charge is 2.06. The number of hydrogen-bond acceptors (Lipinski definition) is 5. The lowest BCUT2D eigenvalue weighted by molar-refractivity contribution is -0.118. The smallest absolute Gasteiger partial charge is 0.335 e. The first-order valence-corrected chi connectivity index (χ1v) is 8.33. The van der Waals surface area contributed by atoms with Crippen molar-refractivity contribution in [1.29, 1.82) is 0 Å². The molecule has 7 nitrogen and oxygen atoms in total. The van der Waals surface area contributed by atoms with Crippen molar-refractivity contribution in [2.24, 2.45) is 5.10 Å². The number of amides is 1. The predicted octanol–water partition coefficient (Wildman–Crippen LogP) is 2.50. The number of imidazole rings is 1. The molecule has 126 valence electrons. The number of carboxylic acids is 1. The van der Waals surface area contributed by atoms with Crippen LogP contribution >= 0.6 is 11.8 Å². The fourth-order valence-electron chi connectivity index (χ4n) is 2.05. The SMILES string of the molecule is O=C(CSc1nc2ccccc2[nH]1)N/N=C\c1ccc(C(=O)O)cc1. The van der Waals surface area contributed by atoms with Crippen LogP contribution in [0, 0.1) is 0 Å². The van der Waals surface area contributed by atoms with Gasteiger partial charge in [-0.3, -0.25) is 4.79 Å². The molecule has 1 amide bonds. The molecule has 0 atom stereocenters. The summed E-state index contributed by atoms with van der Waals surface area (Å²) in [6.45, 7) is 0. The second kappa shape index (κ2) is 7.63. The molecule has 3 aromatic rings. The molecule has 0 radical (unpaired) electrons. The van der Waals surface area contributed by atoms with Gasteiger partial charge in [0.2, 0.25) is 0 Å². The summed E-state index contributed by atoms with van der Waals surface area (Å²) in [7, 11) is 0. The molecular formula is C17H14N4O3S. The molecule has 1 heterocycles. The lowest BCUT2D eigenvalue weighted by atomic mass is 10.1. The van der Waals surface area contributed by atoms with Gasteiger partial charge < -0.3 is 10.1 Å². The van der Waals surface area contributed by atoms with Crippen molar-refractivity contribution >= 4 is 40.9 Å². The second-order valence-electron chi connectivity index (χ2n) is 5.07. The minimum atomic E-state index is -0.987. The van der Waals surface area contributed by atoms with Crippen LogP contribution < -0.4 is 5.43 Å². The van der Waals surface area contributed by atoms with Crippen LogP contribution in [0.15, 0.2) is 58.8 Å². The number of rotatable bonds is 6. The monoisotopic (exact) mass is 354 g/mol. The zero-order valence-electron chi connectivity index (χ0n) is 13.0. The number of carbonyl (C=O) groups is 2. The average Bonchev–Trinajstić information content (AvgIpc) is 3.03. The van der Waals surface area contributed by atoms with Gasteiger partial charge in [-0.25, -0.2) is 15.2 Å². The second-order valence-corrected chi connectivity index (χ2v) is 6.03. The van der Waals surface area contributed by atoms with E-state index in [9.17, 15) is 9.59 Å². The van der Waals surface area contributed by atoms with Gasteiger partial charge in [-0.2, -0.15) is 5.10 Å². The van der Waals surface area contributed by atoms with Crippen LogP contribution in [0.25, 0.3) is 11.0 Å². The Kier molecular flexibility index (Phi) is 5.10. The Balaban J connectivity index is 1.49. The summed E-state index contributed by atoms with van der Waals surface area (Å²) in [6, 6.07) is 13.8. The largest absolute Gasteiger partial charge is 0.478 e. The molecule has 0 saturated heterocycles. The lowest BCUT2D eigenvalue weighted by Gasteiger charge is -1.98. The van der Waals surface area contributed by atoms with Crippen molar-refractivity contribution in [3.8, 4) is 0 Å². The van der Waals surface area contributed by atoms with E-state index in [1.807, 2.05) is 24.3 Å². The highest BCUT2D eigenvalue weighted by atomic mass is 32.2. The number of benzene rings is 2. The number of nitrogens with one attached hydrogen (secondary N) is 2. The van der Waals surface area contributed by atoms with Gasteiger partial charge in [0.1, 0.15) is 0 Å². The maximum atomic E-state index is 11.8. The van der Waals surface area contributed by atoms with Gasteiger partial charge in [-0.15, -0.1) is 0 Å². The van der Waals surface area contributed by atoms with Crippen LogP contribution in [0.2, 0.25) is 0 Å². The number of thioether (sulfide) groups is 1. The Bertz CT molecular complexity index is 901. The Morgan fingerprint density at radius 3 is 2.68 bits per heavy atom. The molecule has 0 unspecified atom stereocenters. The standard InChI is InChI=1S/C17H14N4O3S/c22-15(10-25-17-19-13-3-1-2-4-14(13)20-17)21-18-9-11-5-7-12(8-6-11)16(23)24/h1-9H,10H2,(H,19,20)(H,21,22)(H,23,24)/b18-9-. The maximum Gasteiger partial charge on any atom is 0.335 e. The van der Waals surface area contributed by atoms with Gasteiger partial charge in [0.25, 0.3) is 5.91 Å². The molecule has 0 aliphatic rings. The summed E-state index contributed by atoms with van der Waals surface area (Å²) in [5.74, 6) is -1.07. The number of carboxylic acid groups (broad SMARTS) is 1. The highest BCUT2D eigenvalue weighted by molar-refractivity contribution is 7.99. The summed E-state index contributed by atoms with van der Waals surface area (Å²) in [5.41, 5.74) is 5.09. The van der Waals surface area contributed by atoms with Crippen molar-refractivity contribution in [1.82, 2.24) is 15.4 Å². The Morgan fingerprint density at radius 2 is 1.96 bits per heavy atom. The zero-order chi connectivity index (χ0) is 17.6. The van der Waals surface area contributed by atoms with Gasteiger partial charge >= 0.3 is 5.97 Å². The molecule has 3 rings (SSSR count). The minimum Gasteiger partial charge on any atom is -0.478 e. The summed E-state index contributed by atoms with van der Waals surface area (Å²) in [4.78, 5) is 30.1. The molecule has 0 aliphatic carbocycles. The summed E-state index contributed by atoms with van der Waals surface area (Å²) >= 11 is 1.29.